The van der Waals surface area contributed by atoms with Gasteiger partial charge in [0.1, 0.15) is 12.3 Å². The van der Waals surface area contributed by atoms with Gasteiger partial charge in [0.05, 0.1) is 12.0 Å². The van der Waals surface area contributed by atoms with E-state index < -0.39 is 0 Å². The van der Waals surface area contributed by atoms with Gasteiger partial charge in [0.2, 0.25) is 5.91 Å². The van der Waals surface area contributed by atoms with Crippen LogP contribution in [-0.4, -0.2) is 20.6 Å². The van der Waals surface area contributed by atoms with Crippen LogP contribution in [0, 0.1) is 6.92 Å². The van der Waals surface area contributed by atoms with Crippen LogP contribution < -0.4 is 10.9 Å². The molecule has 1 N–H and O–H groups in total. The van der Waals surface area contributed by atoms with Crippen LogP contribution in [0.25, 0.3) is 0 Å². The van der Waals surface area contributed by atoms with Gasteiger partial charge in [-0.2, -0.15) is 0 Å². The quantitative estimate of drug-likeness (QED) is 0.909. The zero-order chi connectivity index (χ0) is 14.7. The van der Waals surface area contributed by atoms with E-state index in [4.69, 9.17) is 4.52 Å². The van der Waals surface area contributed by atoms with Gasteiger partial charge in [-0.15, -0.1) is 0 Å². The second-order valence-corrected chi connectivity index (χ2v) is 4.81. The summed E-state index contributed by atoms with van der Waals surface area (Å²) in [6.45, 7) is 5.51. The highest BCUT2D eigenvalue weighted by Gasteiger charge is 2.09. The third kappa shape index (κ3) is 3.31. The van der Waals surface area contributed by atoms with Crippen LogP contribution in [0.5, 0.6) is 0 Å². The predicted octanol–water partition coefficient (Wildman–Crippen LogP) is 1.30. The first kappa shape index (κ1) is 14.0. The highest BCUT2D eigenvalue weighted by Crippen LogP contribution is 2.08. The number of aryl methyl sites for hydroxylation is 1. The summed E-state index contributed by atoms with van der Waals surface area (Å²) in [7, 11) is 0. The average molecular weight is 276 g/mol. The summed E-state index contributed by atoms with van der Waals surface area (Å²) in [5.41, 5.74) is 0.453. The molecular weight excluding hydrogens is 260 g/mol. The molecule has 0 fully saturated rings. The lowest BCUT2D eigenvalue weighted by atomic mass is 10.1. The average Bonchev–Trinajstić information content (AvgIpc) is 2.77. The summed E-state index contributed by atoms with van der Waals surface area (Å²) in [5.74, 6) is 0.733. The van der Waals surface area contributed by atoms with Crippen LogP contribution in [0.15, 0.2) is 27.8 Å². The van der Waals surface area contributed by atoms with Crippen LogP contribution in [0.4, 0.5) is 5.82 Å². The Kier molecular flexibility index (Phi) is 3.97. The number of nitrogens with zero attached hydrogens (tertiary/aromatic N) is 3. The molecule has 0 aliphatic carbocycles. The van der Waals surface area contributed by atoms with E-state index in [0.717, 1.165) is 0 Å². The summed E-state index contributed by atoms with van der Waals surface area (Å²) >= 11 is 0. The molecule has 0 spiro atoms. The van der Waals surface area contributed by atoms with Crippen molar-refractivity contribution < 1.29 is 9.32 Å². The van der Waals surface area contributed by atoms with E-state index in [-0.39, 0.29) is 23.9 Å². The van der Waals surface area contributed by atoms with Crippen LogP contribution in [0.2, 0.25) is 0 Å². The Labute approximate surface area is 115 Å². The van der Waals surface area contributed by atoms with Gasteiger partial charge >= 0.3 is 0 Å². The lowest BCUT2D eigenvalue weighted by molar-refractivity contribution is -0.116. The van der Waals surface area contributed by atoms with Gasteiger partial charge in [-0.05, 0) is 12.8 Å². The van der Waals surface area contributed by atoms with Crippen molar-refractivity contribution in [3.05, 3.63) is 40.3 Å². The van der Waals surface area contributed by atoms with Crippen molar-refractivity contribution in [2.75, 3.05) is 5.32 Å². The number of hydrogen-bond donors (Lipinski definition) is 1. The normalized spacial score (nSPS) is 10.8. The van der Waals surface area contributed by atoms with E-state index >= 15 is 0 Å². The summed E-state index contributed by atoms with van der Waals surface area (Å²) in [4.78, 5) is 27.8. The van der Waals surface area contributed by atoms with E-state index in [1.807, 2.05) is 13.8 Å². The molecule has 2 rings (SSSR count). The highest BCUT2D eigenvalue weighted by molar-refractivity contribution is 5.89. The van der Waals surface area contributed by atoms with Crippen LogP contribution >= 0.6 is 0 Å². The molecular formula is C13H16N4O3. The molecule has 0 aliphatic rings. The molecule has 0 aliphatic heterocycles. The summed E-state index contributed by atoms with van der Waals surface area (Å²) in [6.07, 6.45) is 1.38. The Morgan fingerprint density at radius 2 is 2.20 bits per heavy atom. The molecule has 2 heterocycles. The zero-order valence-electron chi connectivity index (χ0n) is 11.6. The molecule has 0 atom stereocenters. The maximum Gasteiger partial charge on any atom is 0.254 e. The van der Waals surface area contributed by atoms with E-state index in [9.17, 15) is 9.59 Å². The van der Waals surface area contributed by atoms with Gasteiger partial charge in [-0.3, -0.25) is 14.2 Å². The fourth-order valence-electron chi connectivity index (χ4n) is 1.64. The SMILES string of the molecule is Cc1cc(NC(=O)Cn2cnc(C(C)C)cc2=O)no1. The maximum atomic E-state index is 11.8. The highest BCUT2D eigenvalue weighted by atomic mass is 16.5. The van der Waals surface area contributed by atoms with Gasteiger partial charge in [0, 0.05) is 12.1 Å². The number of anilines is 1. The molecule has 2 aromatic heterocycles. The van der Waals surface area contributed by atoms with Crippen molar-refractivity contribution in [3.63, 3.8) is 0 Å². The Morgan fingerprint density at radius 1 is 1.45 bits per heavy atom. The fourth-order valence-corrected chi connectivity index (χ4v) is 1.64. The van der Waals surface area contributed by atoms with E-state index in [1.54, 1.807) is 13.0 Å². The molecule has 0 unspecified atom stereocenters. The van der Waals surface area contributed by atoms with Crippen molar-refractivity contribution in [1.29, 1.82) is 0 Å². The minimum atomic E-state index is -0.362. The number of nitrogens with one attached hydrogen (secondary N) is 1. The first-order valence-corrected chi connectivity index (χ1v) is 6.25. The summed E-state index contributed by atoms with van der Waals surface area (Å²) in [6, 6.07) is 3.04. The second-order valence-electron chi connectivity index (χ2n) is 4.81. The van der Waals surface area contributed by atoms with Crippen LogP contribution in [0.1, 0.15) is 31.2 Å². The first-order chi connectivity index (χ1) is 9.45. The maximum absolute atomic E-state index is 11.8. The van der Waals surface area contributed by atoms with Crippen molar-refractivity contribution >= 4 is 11.7 Å². The molecule has 1 amide bonds. The fraction of sp³-hybridized carbons (Fsp3) is 0.385. The Hall–Kier alpha value is -2.44. The third-order valence-electron chi connectivity index (χ3n) is 2.70. The van der Waals surface area contributed by atoms with E-state index in [0.29, 0.717) is 17.3 Å². The summed E-state index contributed by atoms with van der Waals surface area (Å²) in [5, 5.41) is 6.19. The van der Waals surface area contributed by atoms with E-state index in [1.165, 1.54) is 17.0 Å². The van der Waals surface area contributed by atoms with Crippen LogP contribution in [0.3, 0.4) is 0 Å². The molecule has 0 saturated heterocycles. The van der Waals surface area contributed by atoms with Crippen LogP contribution in [-0.2, 0) is 11.3 Å². The standard InChI is InChI=1S/C13H16N4O3/c1-8(2)10-5-13(19)17(7-14-10)6-12(18)15-11-4-9(3)20-16-11/h4-5,7-8H,6H2,1-3H3,(H,15,16,18). The monoisotopic (exact) mass is 276 g/mol. The largest absolute Gasteiger partial charge is 0.360 e. The lowest BCUT2D eigenvalue weighted by Crippen LogP contribution is -2.28. The number of carbonyl (C=O) groups excluding carboxylic acids is 1. The van der Waals surface area contributed by atoms with E-state index in [2.05, 4.69) is 15.5 Å². The van der Waals surface area contributed by atoms with Gasteiger partial charge in [0.15, 0.2) is 5.82 Å². The van der Waals surface area contributed by atoms with Gasteiger partial charge in [-0.25, -0.2) is 4.98 Å². The molecule has 20 heavy (non-hydrogen) atoms. The smallest absolute Gasteiger partial charge is 0.254 e. The molecule has 0 aromatic carbocycles. The number of aromatic nitrogens is 3. The molecule has 106 valence electrons. The minimum Gasteiger partial charge on any atom is -0.360 e. The summed E-state index contributed by atoms with van der Waals surface area (Å²) < 4.78 is 6.08. The topological polar surface area (TPSA) is 90.0 Å². The molecule has 7 heteroatoms. The predicted molar refractivity (Wildman–Crippen MR) is 72.5 cm³/mol. The van der Waals surface area contributed by atoms with Gasteiger partial charge in [0.25, 0.3) is 5.56 Å². The molecule has 0 radical (unpaired) electrons. The van der Waals surface area contributed by atoms with Crippen molar-refractivity contribution in [2.24, 2.45) is 0 Å². The molecule has 2 aromatic rings. The Balaban J connectivity index is 2.06. The first-order valence-electron chi connectivity index (χ1n) is 6.25. The molecule has 7 nitrogen and oxygen atoms in total. The number of carbonyl (C=O) groups is 1. The second kappa shape index (κ2) is 5.68. The van der Waals surface area contributed by atoms with Crippen molar-refractivity contribution in [1.82, 2.24) is 14.7 Å². The molecule has 0 bridgehead atoms. The number of rotatable bonds is 4. The minimum absolute atomic E-state index is 0.115. The third-order valence-corrected chi connectivity index (χ3v) is 2.70. The van der Waals surface area contributed by atoms with Gasteiger partial charge in [-0.1, -0.05) is 19.0 Å². The Morgan fingerprint density at radius 3 is 2.75 bits per heavy atom. The van der Waals surface area contributed by atoms with Crippen molar-refractivity contribution in [3.8, 4) is 0 Å². The Bertz CT molecular complexity index is 672. The lowest BCUT2D eigenvalue weighted by Gasteiger charge is -2.07. The van der Waals surface area contributed by atoms with Crippen molar-refractivity contribution in [2.45, 2.75) is 33.2 Å². The molecule has 0 saturated carbocycles. The number of amides is 1. The van der Waals surface area contributed by atoms with Gasteiger partial charge < -0.3 is 9.84 Å². The zero-order valence-corrected chi connectivity index (χ0v) is 11.6. The number of hydrogen-bond acceptors (Lipinski definition) is 5.